The highest BCUT2D eigenvalue weighted by Gasteiger charge is 2.06. The molecule has 0 fully saturated rings. The fraction of sp³-hybridized carbons (Fsp3) is 0.0833. The van der Waals surface area contributed by atoms with E-state index in [0.717, 1.165) is 5.69 Å². The summed E-state index contributed by atoms with van der Waals surface area (Å²) in [6.07, 6.45) is 3.10. The topological polar surface area (TPSA) is 78.9 Å². The lowest BCUT2D eigenvalue weighted by Gasteiger charge is -2.17. The minimum absolute atomic E-state index is 0.0774. The van der Waals surface area contributed by atoms with Gasteiger partial charge in [-0.05, 0) is 12.1 Å². The number of hydrogen-bond acceptors (Lipinski definition) is 4. The first-order valence-electron chi connectivity index (χ1n) is 5.13. The Morgan fingerprint density at radius 2 is 1.88 bits per heavy atom. The van der Waals surface area contributed by atoms with Crippen LogP contribution in [0.3, 0.4) is 0 Å². The fourth-order valence-electron chi connectivity index (χ4n) is 1.42. The van der Waals surface area contributed by atoms with Crippen LogP contribution in [0, 0.1) is 5.41 Å². The Labute approximate surface area is 99.4 Å². The van der Waals surface area contributed by atoms with E-state index in [9.17, 15) is 0 Å². The van der Waals surface area contributed by atoms with E-state index in [0.29, 0.717) is 11.5 Å². The summed E-state index contributed by atoms with van der Waals surface area (Å²) in [5, 5.41) is 7.24. The first kappa shape index (κ1) is 11.1. The number of para-hydroxylation sites is 1. The number of amidine groups is 1. The number of anilines is 2. The van der Waals surface area contributed by atoms with Gasteiger partial charge in [-0.2, -0.15) is 0 Å². The molecule has 0 spiro atoms. The van der Waals surface area contributed by atoms with Gasteiger partial charge in [0.15, 0.2) is 5.82 Å². The summed E-state index contributed by atoms with van der Waals surface area (Å²) < 4.78 is 0. The standard InChI is InChI=1S/C12H13N5/c1-17(9-5-3-2-4-6-9)11-8-15-10(7-16-11)12(13)14/h2-8H,1H3,(H3,13,14). The summed E-state index contributed by atoms with van der Waals surface area (Å²) in [6.45, 7) is 0. The first-order chi connectivity index (χ1) is 8.18. The number of nitrogen functional groups attached to an aromatic ring is 1. The largest absolute Gasteiger partial charge is 0.382 e. The molecule has 1 aromatic carbocycles. The maximum Gasteiger partial charge on any atom is 0.151 e. The first-order valence-corrected chi connectivity index (χ1v) is 5.13. The Morgan fingerprint density at radius 1 is 1.18 bits per heavy atom. The van der Waals surface area contributed by atoms with Crippen LogP contribution in [0.4, 0.5) is 11.5 Å². The zero-order valence-corrected chi connectivity index (χ0v) is 9.46. The molecule has 1 heterocycles. The van der Waals surface area contributed by atoms with Crippen molar-refractivity contribution in [2.45, 2.75) is 0 Å². The quantitative estimate of drug-likeness (QED) is 0.615. The fourth-order valence-corrected chi connectivity index (χ4v) is 1.42. The van der Waals surface area contributed by atoms with Gasteiger partial charge in [0.2, 0.25) is 0 Å². The average molecular weight is 227 g/mol. The number of aromatic nitrogens is 2. The van der Waals surface area contributed by atoms with E-state index in [4.69, 9.17) is 11.1 Å². The third-order valence-electron chi connectivity index (χ3n) is 2.40. The van der Waals surface area contributed by atoms with Gasteiger partial charge in [0.1, 0.15) is 11.5 Å². The van der Waals surface area contributed by atoms with Gasteiger partial charge in [0, 0.05) is 12.7 Å². The Hall–Kier alpha value is -2.43. The molecule has 0 unspecified atom stereocenters. The van der Waals surface area contributed by atoms with Crippen molar-refractivity contribution in [3.8, 4) is 0 Å². The molecule has 0 amide bonds. The minimum Gasteiger partial charge on any atom is -0.382 e. The third-order valence-corrected chi connectivity index (χ3v) is 2.40. The molecule has 5 heteroatoms. The van der Waals surface area contributed by atoms with Crippen molar-refractivity contribution in [1.82, 2.24) is 9.97 Å². The molecule has 0 saturated heterocycles. The van der Waals surface area contributed by atoms with Crippen molar-refractivity contribution < 1.29 is 0 Å². The molecular formula is C12H13N5. The Balaban J connectivity index is 2.26. The summed E-state index contributed by atoms with van der Waals surface area (Å²) in [5.41, 5.74) is 6.73. The van der Waals surface area contributed by atoms with Crippen LogP contribution in [0.15, 0.2) is 42.7 Å². The number of rotatable bonds is 3. The molecule has 86 valence electrons. The van der Waals surface area contributed by atoms with Gasteiger partial charge in [-0.15, -0.1) is 0 Å². The molecule has 0 atom stereocenters. The highest BCUT2D eigenvalue weighted by Crippen LogP contribution is 2.19. The van der Waals surface area contributed by atoms with Crippen molar-refractivity contribution in [2.24, 2.45) is 5.73 Å². The second kappa shape index (κ2) is 4.61. The third kappa shape index (κ3) is 2.39. The molecule has 2 rings (SSSR count). The summed E-state index contributed by atoms with van der Waals surface area (Å²) in [7, 11) is 1.91. The second-order valence-electron chi connectivity index (χ2n) is 3.57. The van der Waals surface area contributed by atoms with E-state index in [1.807, 2.05) is 42.3 Å². The van der Waals surface area contributed by atoms with Gasteiger partial charge in [0.05, 0.1) is 12.4 Å². The number of nitrogens with one attached hydrogen (secondary N) is 1. The van der Waals surface area contributed by atoms with E-state index in [1.54, 1.807) is 6.20 Å². The molecule has 1 aromatic heterocycles. The predicted octanol–water partition coefficient (Wildman–Crippen LogP) is 1.53. The predicted molar refractivity (Wildman–Crippen MR) is 67.6 cm³/mol. The summed E-state index contributed by atoms with van der Waals surface area (Å²) in [4.78, 5) is 10.2. The molecule has 17 heavy (non-hydrogen) atoms. The molecule has 5 nitrogen and oxygen atoms in total. The number of nitrogens with two attached hydrogens (primary N) is 1. The molecule has 0 bridgehead atoms. The zero-order valence-electron chi connectivity index (χ0n) is 9.46. The zero-order chi connectivity index (χ0) is 12.3. The Bertz CT molecular complexity index is 506. The van der Waals surface area contributed by atoms with Gasteiger partial charge in [0.25, 0.3) is 0 Å². The van der Waals surface area contributed by atoms with Crippen LogP contribution in [0.25, 0.3) is 0 Å². The lowest BCUT2D eigenvalue weighted by molar-refractivity contribution is 1.07. The smallest absolute Gasteiger partial charge is 0.151 e. The van der Waals surface area contributed by atoms with Crippen molar-refractivity contribution in [3.05, 3.63) is 48.4 Å². The van der Waals surface area contributed by atoms with Crippen molar-refractivity contribution in [2.75, 3.05) is 11.9 Å². The molecule has 0 radical (unpaired) electrons. The van der Waals surface area contributed by atoms with Crippen LogP contribution in [0.1, 0.15) is 5.69 Å². The van der Waals surface area contributed by atoms with E-state index < -0.39 is 0 Å². The summed E-state index contributed by atoms with van der Waals surface area (Å²) in [5.74, 6) is 0.632. The van der Waals surface area contributed by atoms with Crippen LogP contribution in [0.2, 0.25) is 0 Å². The van der Waals surface area contributed by atoms with Gasteiger partial charge >= 0.3 is 0 Å². The SMILES string of the molecule is CN(c1ccccc1)c1cnc(C(=N)N)cn1. The van der Waals surface area contributed by atoms with Crippen molar-refractivity contribution in [3.63, 3.8) is 0 Å². The maximum absolute atomic E-state index is 7.24. The van der Waals surface area contributed by atoms with E-state index in [2.05, 4.69) is 9.97 Å². The lowest BCUT2D eigenvalue weighted by Crippen LogP contribution is -2.16. The summed E-state index contributed by atoms with van der Waals surface area (Å²) in [6, 6.07) is 9.86. The minimum atomic E-state index is -0.0774. The molecule has 0 saturated carbocycles. The Kier molecular flexibility index (Phi) is 3.00. The van der Waals surface area contributed by atoms with Crippen molar-refractivity contribution >= 4 is 17.3 Å². The van der Waals surface area contributed by atoms with E-state index in [1.165, 1.54) is 6.20 Å². The molecule has 2 aromatic rings. The monoisotopic (exact) mass is 227 g/mol. The van der Waals surface area contributed by atoms with Crippen LogP contribution >= 0.6 is 0 Å². The Morgan fingerprint density at radius 3 is 2.41 bits per heavy atom. The van der Waals surface area contributed by atoms with E-state index in [-0.39, 0.29) is 5.84 Å². The molecule has 0 aliphatic rings. The summed E-state index contributed by atoms with van der Waals surface area (Å²) >= 11 is 0. The average Bonchev–Trinajstić information content (AvgIpc) is 2.39. The second-order valence-corrected chi connectivity index (χ2v) is 3.57. The van der Waals surface area contributed by atoms with E-state index >= 15 is 0 Å². The molecule has 0 aliphatic carbocycles. The van der Waals surface area contributed by atoms with Crippen LogP contribution in [-0.4, -0.2) is 22.9 Å². The number of nitrogens with zero attached hydrogens (tertiary/aromatic N) is 3. The van der Waals surface area contributed by atoms with Gasteiger partial charge in [-0.1, -0.05) is 18.2 Å². The van der Waals surface area contributed by atoms with Gasteiger partial charge < -0.3 is 10.6 Å². The van der Waals surface area contributed by atoms with Gasteiger partial charge in [-0.25, -0.2) is 9.97 Å². The molecular weight excluding hydrogens is 214 g/mol. The maximum atomic E-state index is 7.24. The number of hydrogen-bond donors (Lipinski definition) is 2. The van der Waals surface area contributed by atoms with Crippen LogP contribution < -0.4 is 10.6 Å². The van der Waals surface area contributed by atoms with Gasteiger partial charge in [-0.3, -0.25) is 5.41 Å². The highest BCUT2D eigenvalue weighted by molar-refractivity contribution is 5.92. The van der Waals surface area contributed by atoms with Crippen molar-refractivity contribution in [1.29, 1.82) is 5.41 Å². The molecule has 0 aliphatic heterocycles. The molecule has 3 N–H and O–H groups in total. The normalized spacial score (nSPS) is 9.94. The van der Waals surface area contributed by atoms with Crippen LogP contribution in [0.5, 0.6) is 0 Å². The van der Waals surface area contributed by atoms with Crippen LogP contribution in [-0.2, 0) is 0 Å². The number of benzene rings is 1. The highest BCUT2D eigenvalue weighted by atomic mass is 15.2. The lowest BCUT2D eigenvalue weighted by atomic mass is 10.3.